The summed E-state index contributed by atoms with van der Waals surface area (Å²) in [6, 6.07) is 16.3. The maximum Gasteiger partial charge on any atom is 0.161 e. The van der Waals surface area contributed by atoms with Crippen LogP contribution < -0.4 is 14.8 Å². The molecule has 0 amide bonds. The lowest BCUT2D eigenvalue weighted by Crippen LogP contribution is -2.25. The van der Waals surface area contributed by atoms with Crippen LogP contribution in [0.25, 0.3) is 0 Å². The highest BCUT2D eigenvalue weighted by molar-refractivity contribution is 5.43. The van der Waals surface area contributed by atoms with Gasteiger partial charge in [-0.1, -0.05) is 36.4 Å². The standard InChI is InChI=1S/C19H25NO3/c1-14(16-9-10-18(22-2)19(13-16)23-3)20-17(11-12-21)15-7-5-4-6-8-15/h4-10,13-14,17,20-21H,11-12H2,1-3H3/t14?,17-/m1/s1. The van der Waals surface area contributed by atoms with Gasteiger partial charge in [0, 0.05) is 18.7 Å². The minimum Gasteiger partial charge on any atom is -0.493 e. The monoisotopic (exact) mass is 315 g/mol. The van der Waals surface area contributed by atoms with Crippen LogP contribution in [0.4, 0.5) is 0 Å². The van der Waals surface area contributed by atoms with Gasteiger partial charge in [-0.3, -0.25) is 0 Å². The second-order valence-corrected chi connectivity index (χ2v) is 5.48. The van der Waals surface area contributed by atoms with Crippen LogP contribution in [0.15, 0.2) is 48.5 Å². The van der Waals surface area contributed by atoms with E-state index in [1.54, 1.807) is 14.2 Å². The molecule has 0 radical (unpaired) electrons. The van der Waals surface area contributed by atoms with E-state index in [2.05, 4.69) is 24.4 Å². The quantitative estimate of drug-likeness (QED) is 0.783. The number of nitrogens with one attached hydrogen (secondary N) is 1. The van der Waals surface area contributed by atoms with Gasteiger partial charge in [0.05, 0.1) is 14.2 Å². The van der Waals surface area contributed by atoms with Crippen molar-refractivity contribution in [3.8, 4) is 11.5 Å². The number of hydrogen-bond acceptors (Lipinski definition) is 4. The predicted molar refractivity (Wildman–Crippen MR) is 92.0 cm³/mol. The molecule has 124 valence electrons. The summed E-state index contributed by atoms with van der Waals surface area (Å²) in [5, 5.41) is 12.9. The van der Waals surface area contributed by atoms with Crippen LogP contribution in [0.5, 0.6) is 11.5 Å². The van der Waals surface area contributed by atoms with Crippen molar-refractivity contribution in [2.75, 3.05) is 20.8 Å². The molecule has 4 nitrogen and oxygen atoms in total. The van der Waals surface area contributed by atoms with Gasteiger partial charge < -0.3 is 19.9 Å². The van der Waals surface area contributed by atoms with Crippen LogP contribution in [0.1, 0.15) is 36.6 Å². The molecule has 2 aromatic carbocycles. The lowest BCUT2D eigenvalue weighted by atomic mass is 10.0. The Morgan fingerprint density at radius 3 is 2.26 bits per heavy atom. The summed E-state index contributed by atoms with van der Waals surface area (Å²) in [5.41, 5.74) is 2.29. The van der Waals surface area contributed by atoms with Crippen molar-refractivity contribution in [3.63, 3.8) is 0 Å². The molecule has 0 bridgehead atoms. The molecule has 0 fully saturated rings. The Labute approximate surface area is 138 Å². The third kappa shape index (κ3) is 4.47. The zero-order valence-corrected chi connectivity index (χ0v) is 14.0. The molecule has 0 saturated heterocycles. The second kappa shape index (κ2) is 8.56. The zero-order valence-electron chi connectivity index (χ0n) is 14.0. The molecule has 0 aliphatic heterocycles. The fourth-order valence-corrected chi connectivity index (χ4v) is 2.68. The molecule has 4 heteroatoms. The van der Waals surface area contributed by atoms with Gasteiger partial charge in [-0.15, -0.1) is 0 Å². The van der Waals surface area contributed by atoms with Crippen molar-refractivity contribution in [2.45, 2.75) is 25.4 Å². The molecule has 2 atom stereocenters. The van der Waals surface area contributed by atoms with Crippen LogP contribution >= 0.6 is 0 Å². The summed E-state index contributed by atoms with van der Waals surface area (Å²) in [6.45, 7) is 2.25. The van der Waals surface area contributed by atoms with Crippen molar-refractivity contribution >= 4 is 0 Å². The summed E-state index contributed by atoms with van der Waals surface area (Å²) < 4.78 is 10.7. The van der Waals surface area contributed by atoms with Gasteiger partial charge in [0.25, 0.3) is 0 Å². The summed E-state index contributed by atoms with van der Waals surface area (Å²) in [4.78, 5) is 0. The fourth-order valence-electron chi connectivity index (χ4n) is 2.68. The molecule has 0 saturated carbocycles. The smallest absolute Gasteiger partial charge is 0.161 e. The lowest BCUT2D eigenvalue weighted by Gasteiger charge is -2.24. The van der Waals surface area contributed by atoms with E-state index in [9.17, 15) is 5.11 Å². The van der Waals surface area contributed by atoms with E-state index in [-0.39, 0.29) is 18.7 Å². The molecule has 2 N–H and O–H groups in total. The number of methoxy groups -OCH3 is 2. The summed E-state index contributed by atoms with van der Waals surface area (Å²) in [5.74, 6) is 1.44. The van der Waals surface area contributed by atoms with Crippen LogP contribution in [0, 0.1) is 0 Å². The molecule has 0 heterocycles. The van der Waals surface area contributed by atoms with Gasteiger partial charge in [-0.2, -0.15) is 0 Å². The molecule has 2 aromatic rings. The van der Waals surface area contributed by atoms with Gasteiger partial charge in [0.15, 0.2) is 11.5 Å². The Morgan fingerprint density at radius 1 is 0.957 bits per heavy atom. The average Bonchev–Trinajstić information content (AvgIpc) is 2.61. The highest BCUT2D eigenvalue weighted by Gasteiger charge is 2.16. The number of rotatable bonds is 8. The first-order chi connectivity index (χ1) is 11.2. The van der Waals surface area contributed by atoms with E-state index in [4.69, 9.17) is 9.47 Å². The van der Waals surface area contributed by atoms with E-state index in [1.807, 2.05) is 36.4 Å². The van der Waals surface area contributed by atoms with E-state index in [0.29, 0.717) is 6.42 Å². The van der Waals surface area contributed by atoms with Gasteiger partial charge in [0.2, 0.25) is 0 Å². The van der Waals surface area contributed by atoms with Crippen molar-refractivity contribution < 1.29 is 14.6 Å². The van der Waals surface area contributed by atoms with Gasteiger partial charge in [-0.05, 0) is 36.6 Å². The minimum absolute atomic E-state index is 0.101. The molecule has 23 heavy (non-hydrogen) atoms. The Hall–Kier alpha value is -2.04. The normalized spacial score (nSPS) is 13.4. The zero-order chi connectivity index (χ0) is 16.7. The molecule has 2 rings (SSSR count). The van der Waals surface area contributed by atoms with Crippen molar-refractivity contribution in [2.24, 2.45) is 0 Å². The minimum atomic E-state index is 0.101. The van der Waals surface area contributed by atoms with Crippen molar-refractivity contribution in [1.82, 2.24) is 5.32 Å². The van der Waals surface area contributed by atoms with Crippen molar-refractivity contribution in [3.05, 3.63) is 59.7 Å². The van der Waals surface area contributed by atoms with E-state index < -0.39 is 0 Å². The SMILES string of the molecule is COc1ccc(C(C)N[C@H](CCO)c2ccccc2)cc1OC. The molecular formula is C19H25NO3. The Balaban J connectivity index is 2.17. The summed E-state index contributed by atoms with van der Waals surface area (Å²) in [6.07, 6.45) is 0.668. The topological polar surface area (TPSA) is 50.7 Å². The lowest BCUT2D eigenvalue weighted by molar-refractivity contribution is 0.260. The Kier molecular flexibility index (Phi) is 6.44. The fraction of sp³-hybridized carbons (Fsp3) is 0.368. The first-order valence-corrected chi connectivity index (χ1v) is 7.83. The van der Waals surface area contributed by atoms with E-state index in [0.717, 1.165) is 17.1 Å². The predicted octanol–water partition coefficient (Wildman–Crippen LogP) is 3.48. The van der Waals surface area contributed by atoms with E-state index >= 15 is 0 Å². The molecule has 0 aliphatic rings. The van der Waals surface area contributed by atoms with Gasteiger partial charge in [-0.25, -0.2) is 0 Å². The largest absolute Gasteiger partial charge is 0.493 e. The van der Waals surface area contributed by atoms with Crippen LogP contribution in [-0.4, -0.2) is 25.9 Å². The third-order valence-electron chi connectivity index (χ3n) is 3.98. The highest BCUT2D eigenvalue weighted by Crippen LogP contribution is 2.31. The first kappa shape index (κ1) is 17.3. The van der Waals surface area contributed by atoms with Crippen molar-refractivity contribution in [1.29, 1.82) is 0 Å². The van der Waals surface area contributed by atoms with Gasteiger partial charge in [0.1, 0.15) is 0 Å². The number of aliphatic hydroxyl groups excluding tert-OH is 1. The Bertz CT molecular complexity index is 601. The maximum absolute atomic E-state index is 9.36. The molecular weight excluding hydrogens is 290 g/mol. The van der Waals surface area contributed by atoms with Crippen LogP contribution in [0.3, 0.4) is 0 Å². The highest BCUT2D eigenvalue weighted by atomic mass is 16.5. The average molecular weight is 315 g/mol. The van der Waals surface area contributed by atoms with Crippen LogP contribution in [0.2, 0.25) is 0 Å². The summed E-state index contributed by atoms with van der Waals surface area (Å²) in [7, 11) is 3.27. The molecule has 0 spiro atoms. The molecule has 0 aliphatic carbocycles. The molecule has 0 aromatic heterocycles. The Morgan fingerprint density at radius 2 is 1.65 bits per heavy atom. The number of benzene rings is 2. The maximum atomic E-state index is 9.36. The number of aliphatic hydroxyl groups is 1. The second-order valence-electron chi connectivity index (χ2n) is 5.48. The summed E-state index contributed by atoms with van der Waals surface area (Å²) >= 11 is 0. The number of ether oxygens (including phenoxy) is 2. The van der Waals surface area contributed by atoms with Gasteiger partial charge >= 0.3 is 0 Å². The van der Waals surface area contributed by atoms with Crippen LogP contribution in [-0.2, 0) is 0 Å². The number of hydrogen-bond donors (Lipinski definition) is 2. The first-order valence-electron chi connectivity index (χ1n) is 7.83. The third-order valence-corrected chi connectivity index (χ3v) is 3.98. The van der Waals surface area contributed by atoms with E-state index in [1.165, 1.54) is 5.56 Å². The molecule has 1 unspecified atom stereocenters.